The van der Waals surface area contributed by atoms with Crippen LogP contribution in [0.25, 0.3) is 6.08 Å². The highest BCUT2D eigenvalue weighted by atomic mass is 32.1. The zero-order valence-electron chi connectivity index (χ0n) is 17.6. The Morgan fingerprint density at radius 3 is 2.50 bits per heavy atom. The Bertz CT molecular complexity index is 835. The van der Waals surface area contributed by atoms with E-state index in [2.05, 4.69) is 17.6 Å². The predicted octanol–water partition coefficient (Wildman–Crippen LogP) is 5.57. The quantitative estimate of drug-likeness (QED) is 0.279. The third kappa shape index (κ3) is 8.66. The summed E-state index contributed by atoms with van der Waals surface area (Å²) < 4.78 is 11.0. The molecule has 0 unspecified atom stereocenters. The normalized spacial score (nSPS) is 10.6. The van der Waals surface area contributed by atoms with Crippen LogP contribution in [-0.2, 0) is 4.79 Å². The van der Waals surface area contributed by atoms with Crippen LogP contribution in [0.15, 0.2) is 54.6 Å². The number of benzene rings is 2. The number of amides is 1. The standard InChI is InChI=1S/C24H30N2O3S/c1-3-4-5-6-9-18-29-21-15-13-20(14-16-21)25-24(30)26-23(27)17-12-19-10-7-8-11-22(19)28-2/h7-8,10-17H,3-6,9,18H2,1-2H3,(H2,25,26,27,30)/b17-12+. The van der Waals surface area contributed by atoms with Crippen molar-refractivity contribution in [3.05, 3.63) is 60.2 Å². The molecule has 2 aromatic carbocycles. The molecule has 0 spiro atoms. The van der Waals surface area contributed by atoms with Gasteiger partial charge in [-0.3, -0.25) is 10.1 Å². The Kier molecular flexibility index (Phi) is 10.4. The molecule has 2 aromatic rings. The summed E-state index contributed by atoms with van der Waals surface area (Å²) in [7, 11) is 1.59. The lowest BCUT2D eigenvalue weighted by Crippen LogP contribution is -2.32. The number of carbonyl (C=O) groups excluding carboxylic acids is 1. The van der Waals surface area contributed by atoms with Gasteiger partial charge < -0.3 is 14.8 Å². The van der Waals surface area contributed by atoms with Crippen molar-refractivity contribution in [1.29, 1.82) is 0 Å². The SMILES string of the molecule is CCCCCCCOc1ccc(NC(=S)NC(=O)/C=C/c2ccccc2OC)cc1. The topological polar surface area (TPSA) is 59.6 Å². The summed E-state index contributed by atoms with van der Waals surface area (Å²) in [6.07, 6.45) is 9.17. The first-order valence-electron chi connectivity index (χ1n) is 10.3. The molecule has 160 valence electrons. The van der Waals surface area contributed by atoms with E-state index in [9.17, 15) is 4.79 Å². The van der Waals surface area contributed by atoms with Gasteiger partial charge >= 0.3 is 0 Å². The Morgan fingerprint density at radius 2 is 1.77 bits per heavy atom. The minimum atomic E-state index is -0.318. The van der Waals surface area contributed by atoms with Crippen molar-refractivity contribution in [1.82, 2.24) is 5.32 Å². The number of methoxy groups -OCH3 is 1. The minimum Gasteiger partial charge on any atom is -0.496 e. The van der Waals surface area contributed by atoms with E-state index in [-0.39, 0.29) is 11.0 Å². The summed E-state index contributed by atoms with van der Waals surface area (Å²) in [5.41, 5.74) is 1.60. The molecule has 0 aliphatic rings. The number of anilines is 1. The number of rotatable bonds is 11. The predicted molar refractivity (Wildman–Crippen MR) is 127 cm³/mol. The van der Waals surface area contributed by atoms with E-state index < -0.39 is 0 Å². The Labute approximate surface area is 184 Å². The molecule has 0 aromatic heterocycles. The largest absolute Gasteiger partial charge is 0.496 e. The van der Waals surface area contributed by atoms with Crippen LogP contribution in [0.1, 0.15) is 44.6 Å². The molecular formula is C24H30N2O3S. The lowest BCUT2D eigenvalue weighted by Gasteiger charge is -2.10. The van der Waals surface area contributed by atoms with Gasteiger partial charge in [0.05, 0.1) is 13.7 Å². The zero-order valence-corrected chi connectivity index (χ0v) is 18.5. The van der Waals surface area contributed by atoms with Crippen molar-refractivity contribution >= 4 is 35.0 Å². The van der Waals surface area contributed by atoms with Gasteiger partial charge in [-0.2, -0.15) is 0 Å². The number of ether oxygens (including phenoxy) is 2. The van der Waals surface area contributed by atoms with E-state index in [0.717, 1.165) is 30.0 Å². The molecule has 0 fully saturated rings. The van der Waals surface area contributed by atoms with Gasteiger partial charge in [0.25, 0.3) is 0 Å². The van der Waals surface area contributed by atoms with Gasteiger partial charge in [-0.25, -0.2) is 0 Å². The molecule has 30 heavy (non-hydrogen) atoms. The Morgan fingerprint density at radius 1 is 1.03 bits per heavy atom. The van der Waals surface area contributed by atoms with Crippen LogP contribution in [0.3, 0.4) is 0 Å². The fourth-order valence-corrected chi connectivity index (χ4v) is 3.03. The molecule has 0 heterocycles. The zero-order chi connectivity index (χ0) is 21.6. The van der Waals surface area contributed by atoms with Gasteiger partial charge in [0.1, 0.15) is 11.5 Å². The number of carbonyl (C=O) groups is 1. The second-order valence-electron chi connectivity index (χ2n) is 6.81. The molecule has 0 saturated heterocycles. The summed E-state index contributed by atoms with van der Waals surface area (Å²) >= 11 is 5.21. The average molecular weight is 427 g/mol. The molecule has 0 bridgehead atoms. The van der Waals surface area contributed by atoms with E-state index >= 15 is 0 Å². The van der Waals surface area contributed by atoms with Crippen LogP contribution < -0.4 is 20.1 Å². The Balaban J connectivity index is 1.75. The first-order chi connectivity index (χ1) is 14.6. The van der Waals surface area contributed by atoms with Crippen LogP contribution in [-0.4, -0.2) is 24.7 Å². The van der Waals surface area contributed by atoms with Gasteiger partial charge in [0, 0.05) is 17.3 Å². The smallest absolute Gasteiger partial charge is 0.250 e. The lowest BCUT2D eigenvalue weighted by atomic mass is 10.2. The van der Waals surface area contributed by atoms with Crippen LogP contribution in [0.4, 0.5) is 5.69 Å². The molecule has 1 amide bonds. The molecule has 0 saturated carbocycles. The number of para-hydroxylation sites is 1. The van der Waals surface area contributed by atoms with Crippen LogP contribution in [0.5, 0.6) is 11.5 Å². The van der Waals surface area contributed by atoms with E-state index in [4.69, 9.17) is 21.7 Å². The van der Waals surface area contributed by atoms with Crippen molar-refractivity contribution in [2.75, 3.05) is 19.0 Å². The van der Waals surface area contributed by atoms with Crippen molar-refractivity contribution < 1.29 is 14.3 Å². The van der Waals surface area contributed by atoms with Crippen molar-refractivity contribution in [3.8, 4) is 11.5 Å². The van der Waals surface area contributed by atoms with Gasteiger partial charge in [0.15, 0.2) is 5.11 Å². The molecule has 2 rings (SSSR count). The molecule has 2 N–H and O–H groups in total. The van der Waals surface area contributed by atoms with Gasteiger partial charge in [0.2, 0.25) is 5.91 Å². The number of nitrogens with one attached hydrogen (secondary N) is 2. The highest BCUT2D eigenvalue weighted by Crippen LogP contribution is 2.19. The van der Waals surface area contributed by atoms with Crippen LogP contribution >= 0.6 is 12.2 Å². The maximum Gasteiger partial charge on any atom is 0.250 e. The number of hydrogen-bond acceptors (Lipinski definition) is 4. The third-order valence-electron chi connectivity index (χ3n) is 4.42. The minimum absolute atomic E-state index is 0.231. The van der Waals surface area contributed by atoms with Crippen LogP contribution in [0.2, 0.25) is 0 Å². The van der Waals surface area contributed by atoms with E-state index in [1.54, 1.807) is 13.2 Å². The van der Waals surface area contributed by atoms with Crippen molar-refractivity contribution in [2.45, 2.75) is 39.0 Å². The summed E-state index contributed by atoms with van der Waals surface area (Å²) in [6, 6.07) is 15.0. The van der Waals surface area contributed by atoms with Gasteiger partial charge in [-0.15, -0.1) is 0 Å². The molecular weight excluding hydrogens is 396 g/mol. The molecule has 0 aliphatic carbocycles. The summed E-state index contributed by atoms with van der Waals surface area (Å²) in [5, 5.41) is 5.86. The number of hydrogen-bond donors (Lipinski definition) is 2. The van der Waals surface area contributed by atoms with E-state index in [1.165, 1.54) is 31.8 Å². The van der Waals surface area contributed by atoms with Crippen molar-refractivity contribution in [2.24, 2.45) is 0 Å². The first-order valence-corrected chi connectivity index (χ1v) is 10.7. The Hall–Kier alpha value is -2.86. The number of thiocarbonyl (C=S) groups is 1. The fraction of sp³-hybridized carbons (Fsp3) is 0.333. The van der Waals surface area contributed by atoms with E-state index in [0.29, 0.717) is 5.75 Å². The average Bonchev–Trinajstić information content (AvgIpc) is 2.76. The molecule has 0 atom stereocenters. The summed E-state index contributed by atoms with van der Waals surface area (Å²) in [4.78, 5) is 12.1. The number of unbranched alkanes of at least 4 members (excludes halogenated alkanes) is 4. The maximum atomic E-state index is 12.1. The lowest BCUT2D eigenvalue weighted by molar-refractivity contribution is -0.115. The molecule has 5 nitrogen and oxygen atoms in total. The highest BCUT2D eigenvalue weighted by Gasteiger charge is 2.04. The monoisotopic (exact) mass is 426 g/mol. The van der Waals surface area contributed by atoms with Gasteiger partial charge in [-0.1, -0.05) is 50.8 Å². The maximum absolute atomic E-state index is 12.1. The summed E-state index contributed by atoms with van der Waals surface area (Å²) in [5.74, 6) is 1.21. The second kappa shape index (κ2) is 13.4. The third-order valence-corrected chi connectivity index (χ3v) is 4.62. The molecule has 0 aliphatic heterocycles. The second-order valence-corrected chi connectivity index (χ2v) is 7.21. The van der Waals surface area contributed by atoms with Crippen LogP contribution in [0, 0.1) is 0 Å². The molecule has 6 heteroatoms. The van der Waals surface area contributed by atoms with Gasteiger partial charge in [-0.05, 0) is 55.0 Å². The van der Waals surface area contributed by atoms with Crippen molar-refractivity contribution in [3.63, 3.8) is 0 Å². The first kappa shape index (κ1) is 23.4. The van der Waals surface area contributed by atoms with E-state index in [1.807, 2.05) is 48.5 Å². The molecule has 0 radical (unpaired) electrons. The fourth-order valence-electron chi connectivity index (χ4n) is 2.82. The highest BCUT2D eigenvalue weighted by molar-refractivity contribution is 7.80. The summed E-state index contributed by atoms with van der Waals surface area (Å²) in [6.45, 7) is 2.94.